The molecule has 0 saturated heterocycles. The third-order valence-corrected chi connectivity index (χ3v) is 5.53. The molecule has 0 unspecified atom stereocenters. The molecule has 4 rings (SSSR count). The Hall–Kier alpha value is -1.53. The van der Waals surface area contributed by atoms with Crippen LogP contribution in [0.5, 0.6) is 0 Å². The number of nitrogens with one attached hydrogen (secondary N) is 1. The molecule has 1 fully saturated rings. The lowest BCUT2D eigenvalue weighted by molar-refractivity contribution is 0.0952. The molecule has 1 N–H and O–H groups in total. The Labute approximate surface area is 123 Å². The molecule has 102 valence electrons. The van der Waals surface area contributed by atoms with E-state index in [2.05, 4.69) is 15.3 Å². The second-order valence-electron chi connectivity index (χ2n) is 5.13. The lowest BCUT2D eigenvalue weighted by Crippen LogP contribution is -2.25. The summed E-state index contributed by atoms with van der Waals surface area (Å²) in [6.07, 6.45) is 2.94. The van der Waals surface area contributed by atoms with Crippen molar-refractivity contribution < 1.29 is 9.18 Å². The van der Waals surface area contributed by atoms with Crippen LogP contribution < -0.4 is 5.32 Å². The molecule has 0 bridgehead atoms. The number of hydrogen-bond donors (Lipinski definition) is 1. The zero-order chi connectivity index (χ0) is 14.1. The first kappa shape index (κ1) is 12.2. The maximum Gasteiger partial charge on any atom is 0.253 e. The summed E-state index contributed by atoms with van der Waals surface area (Å²) in [6, 6.07) is 0. The Kier molecular flexibility index (Phi) is 2.30. The van der Waals surface area contributed by atoms with Gasteiger partial charge in [0.1, 0.15) is 5.69 Å². The van der Waals surface area contributed by atoms with Crippen LogP contribution in [0.4, 0.5) is 4.39 Å². The SMILES string of the molecule is Cc1c(-c2nc(Cl)ncc2F)sc2c1C(=O)NC21CC1. The summed E-state index contributed by atoms with van der Waals surface area (Å²) in [5.41, 5.74) is 1.41. The van der Waals surface area contributed by atoms with E-state index in [9.17, 15) is 9.18 Å². The lowest BCUT2D eigenvalue weighted by atomic mass is 10.1. The van der Waals surface area contributed by atoms with Crippen LogP contribution in [0, 0.1) is 12.7 Å². The summed E-state index contributed by atoms with van der Waals surface area (Å²) in [5, 5.41) is 3.01. The first-order valence-electron chi connectivity index (χ1n) is 6.17. The van der Waals surface area contributed by atoms with Crippen LogP contribution in [0.2, 0.25) is 5.28 Å². The van der Waals surface area contributed by atoms with Gasteiger partial charge >= 0.3 is 0 Å². The molecule has 20 heavy (non-hydrogen) atoms. The van der Waals surface area contributed by atoms with E-state index in [1.165, 1.54) is 11.3 Å². The van der Waals surface area contributed by atoms with Crippen molar-refractivity contribution >= 4 is 28.8 Å². The number of nitrogens with zero attached hydrogens (tertiary/aromatic N) is 2. The molecule has 2 aromatic rings. The van der Waals surface area contributed by atoms with Crippen molar-refractivity contribution in [1.29, 1.82) is 0 Å². The molecule has 0 aromatic carbocycles. The van der Waals surface area contributed by atoms with E-state index in [1.807, 2.05) is 6.92 Å². The molecule has 1 aliphatic heterocycles. The molecule has 2 aliphatic rings. The fourth-order valence-corrected chi connectivity index (χ4v) is 4.30. The van der Waals surface area contributed by atoms with E-state index >= 15 is 0 Å². The van der Waals surface area contributed by atoms with Crippen molar-refractivity contribution in [3.8, 4) is 10.6 Å². The van der Waals surface area contributed by atoms with Gasteiger partial charge in [-0.25, -0.2) is 14.4 Å². The van der Waals surface area contributed by atoms with Gasteiger partial charge in [-0.15, -0.1) is 11.3 Å². The summed E-state index contributed by atoms with van der Waals surface area (Å²) in [5.74, 6) is -0.597. The van der Waals surface area contributed by atoms with Crippen LogP contribution in [-0.4, -0.2) is 15.9 Å². The minimum absolute atomic E-state index is 0.0000498. The second kappa shape index (κ2) is 3.77. The number of halogens is 2. The van der Waals surface area contributed by atoms with Gasteiger partial charge in [-0.3, -0.25) is 4.79 Å². The van der Waals surface area contributed by atoms with E-state index in [4.69, 9.17) is 11.6 Å². The monoisotopic (exact) mass is 309 g/mol. The third-order valence-electron chi connectivity index (χ3n) is 3.84. The average molecular weight is 310 g/mol. The summed E-state index contributed by atoms with van der Waals surface area (Å²) in [4.78, 5) is 21.3. The van der Waals surface area contributed by atoms with Gasteiger partial charge in [0.15, 0.2) is 5.82 Å². The Bertz CT molecular complexity index is 769. The van der Waals surface area contributed by atoms with Crippen molar-refractivity contribution in [3.05, 3.63) is 33.3 Å². The molecule has 4 nitrogen and oxygen atoms in total. The second-order valence-corrected chi connectivity index (χ2v) is 6.49. The number of thiophene rings is 1. The van der Waals surface area contributed by atoms with Crippen LogP contribution in [0.15, 0.2) is 6.20 Å². The average Bonchev–Trinajstić information content (AvgIpc) is 3.00. The van der Waals surface area contributed by atoms with Gasteiger partial charge in [-0.05, 0) is 36.9 Å². The van der Waals surface area contributed by atoms with E-state index in [0.29, 0.717) is 10.4 Å². The highest BCUT2D eigenvalue weighted by Crippen LogP contribution is 2.55. The lowest BCUT2D eigenvalue weighted by Gasteiger charge is -2.07. The predicted molar refractivity (Wildman–Crippen MR) is 73.4 cm³/mol. The quantitative estimate of drug-likeness (QED) is 0.824. The number of hydrogen-bond acceptors (Lipinski definition) is 4. The van der Waals surface area contributed by atoms with Gasteiger partial charge in [0.05, 0.1) is 22.2 Å². The molecule has 3 heterocycles. The first-order chi connectivity index (χ1) is 9.52. The summed E-state index contributed by atoms with van der Waals surface area (Å²) in [6.45, 7) is 1.82. The fourth-order valence-electron chi connectivity index (χ4n) is 2.67. The molecular formula is C13H9ClFN3OS. The van der Waals surface area contributed by atoms with Gasteiger partial charge in [-0.2, -0.15) is 0 Å². The number of aromatic nitrogens is 2. The van der Waals surface area contributed by atoms with Crippen LogP contribution in [-0.2, 0) is 5.54 Å². The molecule has 7 heteroatoms. The third kappa shape index (κ3) is 1.49. The number of carbonyl (C=O) groups is 1. The largest absolute Gasteiger partial charge is 0.342 e. The number of carbonyl (C=O) groups excluding carboxylic acids is 1. The normalized spacial score (nSPS) is 18.2. The standard InChI is InChI=1S/C13H9ClFN3OS/c1-5-7-10(13(2-3-13)18-11(7)19)20-9(5)8-6(15)4-16-12(14)17-8/h4H,2-3H2,1H3,(H,18,19). The Morgan fingerprint density at radius 2 is 2.25 bits per heavy atom. The molecule has 1 aliphatic carbocycles. The molecule has 0 radical (unpaired) electrons. The number of amides is 1. The van der Waals surface area contributed by atoms with Gasteiger partial charge < -0.3 is 5.32 Å². The Morgan fingerprint density at radius 3 is 2.95 bits per heavy atom. The van der Waals surface area contributed by atoms with Crippen LogP contribution >= 0.6 is 22.9 Å². The number of rotatable bonds is 1. The van der Waals surface area contributed by atoms with Crippen LogP contribution in [0.1, 0.15) is 33.6 Å². The maximum atomic E-state index is 13.9. The summed E-state index contributed by atoms with van der Waals surface area (Å²) < 4.78 is 13.9. The minimum Gasteiger partial charge on any atom is -0.342 e. The smallest absolute Gasteiger partial charge is 0.253 e. The molecule has 1 amide bonds. The minimum atomic E-state index is -0.525. The first-order valence-corrected chi connectivity index (χ1v) is 7.36. The predicted octanol–water partition coefficient (Wildman–Crippen LogP) is 3.04. The van der Waals surface area contributed by atoms with Crippen molar-refractivity contribution in [2.75, 3.05) is 0 Å². The topological polar surface area (TPSA) is 54.9 Å². The van der Waals surface area contributed by atoms with Gasteiger partial charge in [0, 0.05) is 4.88 Å². The highest BCUT2D eigenvalue weighted by atomic mass is 35.5. The van der Waals surface area contributed by atoms with Crippen molar-refractivity contribution in [1.82, 2.24) is 15.3 Å². The molecule has 1 spiro atoms. The van der Waals surface area contributed by atoms with E-state index in [0.717, 1.165) is 29.5 Å². The molecular weight excluding hydrogens is 301 g/mol. The van der Waals surface area contributed by atoms with Crippen LogP contribution in [0.3, 0.4) is 0 Å². The van der Waals surface area contributed by atoms with E-state index < -0.39 is 5.82 Å². The van der Waals surface area contributed by atoms with Gasteiger partial charge in [0.25, 0.3) is 5.91 Å². The fraction of sp³-hybridized carbons (Fsp3) is 0.308. The maximum absolute atomic E-state index is 13.9. The summed E-state index contributed by atoms with van der Waals surface area (Å²) in [7, 11) is 0. The van der Waals surface area contributed by atoms with Gasteiger partial charge in [-0.1, -0.05) is 0 Å². The van der Waals surface area contributed by atoms with E-state index in [-0.39, 0.29) is 22.4 Å². The molecule has 1 saturated carbocycles. The Balaban J connectivity index is 1.95. The van der Waals surface area contributed by atoms with Crippen molar-refractivity contribution in [3.63, 3.8) is 0 Å². The highest BCUT2D eigenvalue weighted by Gasteiger charge is 2.54. The van der Waals surface area contributed by atoms with Crippen molar-refractivity contribution in [2.24, 2.45) is 0 Å². The Morgan fingerprint density at radius 1 is 1.50 bits per heavy atom. The highest BCUT2D eigenvalue weighted by molar-refractivity contribution is 7.16. The van der Waals surface area contributed by atoms with Crippen LogP contribution in [0.25, 0.3) is 10.6 Å². The zero-order valence-electron chi connectivity index (χ0n) is 10.5. The van der Waals surface area contributed by atoms with Crippen molar-refractivity contribution in [2.45, 2.75) is 25.3 Å². The van der Waals surface area contributed by atoms with E-state index in [1.54, 1.807) is 0 Å². The molecule has 0 atom stereocenters. The molecule has 2 aromatic heterocycles. The zero-order valence-corrected chi connectivity index (χ0v) is 12.0. The summed E-state index contributed by atoms with van der Waals surface area (Å²) >= 11 is 7.17. The number of fused-ring (bicyclic) bond motifs is 2. The van der Waals surface area contributed by atoms with Gasteiger partial charge in [0.2, 0.25) is 5.28 Å².